The maximum atomic E-state index is 13.1. The molecule has 1 atom stereocenters. The average Bonchev–Trinajstić information content (AvgIpc) is 3.31. The Kier molecular flexibility index (Phi) is 8.24. The number of non-ortho nitro benzene ring substituents is 1. The highest BCUT2D eigenvalue weighted by Gasteiger charge is 2.42. The normalized spacial score (nSPS) is 17.1. The van der Waals surface area contributed by atoms with Crippen LogP contribution in [0.1, 0.15) is 52.2 Å². The van der Waals surface area contributed by atoms with Crippen molar-refractivity contribution in [1.29, 1.82) is 0 Å². The molecule has 5 rings (SSSR count). The number of carbonyl (C=O) groups excluding carboxylic acids is 1. The van der Waals surface area contributed by atoms with Gasteiger partial charge in [-0.05, 0) is 66.8 Å². The molecule has 204 valence electrons. The second-order valence-corrected chi connectivity index (χ2v) is 11.2. The van der Waals surface area contributed by atoms with Gasteiger partial charge in [0.25, 0.3) is 11.6 Å². The molecule has 0 aromatic heterocycles. The lowest BCUT2D eigenvalue weighted by atomic mass is 9.83. The van der Waals surface area contributed by atoms with E-state index in [4.69, 9.17) is 27.9 Å². The summed E-state index contributed by atoms with van der Waals surface area (Å²) in [4.78, 5) is 27.8. The first-order valence-electron chi connectivity index (χ1n) is 13.2. The molecule has 1 spiro atoms. The van der Waals surface area contributed by atoms with Gasteiger partial charge < -0.3 is 14.5 Å². The fourth-order valence-corrected chi connectivity index (χ4v) is 6.07. The molecule has 2 aliphatic heterocycles. The van der Waals surface area contributed by atoms with Crippen LogP contribution in [0.2, 0.25) is 10.0 Å². The topological polar surface area (TPSA) is 75.9 Å². The van der Waals surface area contributed by atoms with E-state index in [2.05, 4.69) is 29.2 Å². The highest BCUT2D eigenvalue weighted by Crippen LogP contribution is 2.44. The van der Waals surface area contributed by atoms with Crippen LogP contribution in [0.5, 0.6) is 0 Å². The number of likely N-dealkylation sites (tertiary alicyclic amines) is 1. The van der Waals surface area contributed by atoms with E-state index in [0.29, 0.717) is 28.8 Å². The number of hydrogen-bond acceptors (Lipinski definition) is 5. The molecule has 2 aliphatic rings. The minimum Gasteiger partial charge on any atom is -0.365 e. The predicted octanol–water partition coefficient (Wildman–Crippen LogP) is 6.67. The van der Waals surface area contributed by atoms with Gasteiger partial charge in [0, 0.05) is 50.3 Å². The van der Waals surface area contributed by atoms with Gasteiger partial charge in [0.1, 0.15) is 0 Å². The van der Waals surface area contributed by atoms with E-state index >= 15 is 0 Å². The molecule has 39 heavy (non-hydrogen) atoms. The number of nitro benzene ring substituents is 1. The van der Waals surface area contributed by atoms with E-state index in [1.165, 1.54) is 35.4 Å². The number of ether oxygens (including phenoxy) is 1. The molecular weight excluding hydrogens is 537 g/mol. The summed E-state index contributed by atoms with van der Waals surface area (Å²) in [6.45, 7) is 3.93. The number of piperidine rings is 1. The second-order valence-electron chi connectivity index (χ2n) is 10.4. The zero-order chi connectivity index (χ0) is 27.6. The van der Waals surface area contributed by atoms with Gasteiger partial charge in [-0.25, -0.2) is 0 Å². The molecule has 0 saturated carbocycles. The third-order valence-corrected chi connectivity index (χ3v) is 8.79. The number of likely N-dealkylation sites (N-methyl/N-ethyl adjacent to an activating group) is 1. The van der Waals surface area contributed by atoms with Crippen LogP contribution < -0.4 is 0 Å². The highest BCUT2D eigenvalue weighted by molar-refractivity contribution is 6.42. The van der Waals surface area contributed by atoms with Crippen LogP contribution in [-0.2, 0) is 16.9 Å². The zero-order valence-corrected chi connectivity index (χ0v) is 23.3. The van der Waals surface area contributed by atoms with Gasteiger partial charge in [0.2, 0.25) is 0 Å². The van der Waals surface area contributed by atoms with Crippen LogP contribution in [0, 0.1) is 10.1 Å². The standard InChI is InChI=1S/C30H31Cl2N3O4/c1-33(29(36)21-6-9-25(10-7-21)35(37)38)19-23(22-8-11-27(31)28(32)18-22)12-15-34-16-13-30(14-17-34)26-5-3-2-4-24(26)20-39-30/h2-11,18,23H,12-17,19-20H2,1H3/t23-/m0/s1. The first-order valence-corrected chi connectivity index (χ1v) is 13.9. The summed E-state index contributed by atoms with van der Waals surface area (Å²) in [5.74, 6) is -0.155. The summed E-state index contributed by atoms with van der Waals surface area (Å²) in [5, 5.41) is 12.0. The quantitative estimate of drug-likeness (QED) is 0.224. The molecule has 3 aromatic rings. The van der Waals surface area contributed by atoms with Gasteiger partial charge >= 0.3 is 0 Å². The summed E-state index contributed by atoms with van der Waals surface area (Å²) in [5.41, 5.74) is 3.85. The number of hydrogen-bond donors (Lipinski definition) is 0. The first kappa shape index (κ1) is 27.6. The molecule has 7 nitrogen and oxygen atoms in total. The molecule has 0 aliphatic carbocycles. The smallest absolute Gasteiger partial charge is 0.269 e. The van der Waals surface area contributed by atoms with Crippen LogP contribution in [0.15, 0.2) is 66.7 Å². The van der Waals surface area contributed by atoms with Gasteiger partial charge in [0.15, 0.2) is 0 Å². The number of benzene rings is 3. The van der Waals surface area contributed by atoms with Crippen molar-refractivity contribution >= 4 is 34.8 Å². The molecule has 1 saturated heterocycles. The number of carbonyl (C=O) groups is 1. The molecule has 0 radical (unpaired) electrons. The summed E-state index contributed by atoms with van der Waals surface area (Å²) in [6, 6.07) is 19.9. The highest BCUT2D eigenvalue weighted by atomic mass is 35.5. The first-order chi connectivity index (χ1) is 18.8. The van der Waals surface area contributed by atoms with Crippen molar-refractivity contribution in [1.82, 2.24) is 9.80 Å². The minimum absolute atomic E-state index is 0.0334. The number of nitrogens with zero attached hydrogens (tertiary/aromatic N) is 3. The Morgan fingerprint density at radius 1 is 1.08 bits per heavy atom. The molecular formula is C30H31Cl2N3O4. The number of nitro groups is 1. The van der Waals surface area contributed by atoms with Gasteiger partial charge in [-0.2, -0.15) is 0 Å². The van der Waals surface area contributed by atoms with Gasteiger partial charge in [-0.1, -0.05) is 53.5 Å². The predicted molar refractivity (Wildman–Crippen MR) is 152 cm³/mol. The fraction of sp³-hybridized carbons (Fsp3) is 0.367. The Morgan fingerprint density at radius 3 is 2.49 bits per heavy atom. The van der Waals surface area contributed by atoms with Crippen molar-refractivity contribution < 1.29 is 14.5 Å². The summed E-state index contributed by atoms with van der Waals surface area (Å²) in [6.07, 6.45) is 2.75. The Hall–Kier alpha value is -2.97. The van der Waals surface area contributed by atoms with Crippen molar-refractivity contribution in [2.24, 2.45) is 0 Å². The monoisotopic (exact) mass is 567 g/mol. The molecule has 3 aromatic carbocycles. The zero-order valence-electron chi connectivity index (χ0n) is 21.8. The van der Waals surface area contributed by atoms with Crippen LogP contribution in [0.3, 0.4) is 0 Å². The van der Waals surface area contributed by atoms with E-state index in [1.54, 1.807) is 18.0 Å². The van der Waals surface area contributed by atoms with Crippen molar-refractivity contribution in [2.45, 2.75) is 37.4 Å². The maximum Gasteiger partial charge on any atom is 0.269 e. The van der Waals surface area contributed by atoms with E-state index in [-0.39, 0.29) is 23.1 Å². The lowest BCUT2D eigenvalue weighted by Gasteiger charge is -2.40. The largest absolute Gasteiger partial charge is 0.365 e. The number of amides is 1. The molecule has 0 N–H and O–H groups in total. The van der Waals surface area contributed by atoms with Crippen LogP contribution in [-0.4, -0.2) is 53.9 Å². The van der Waals surface area contributed by atoms with Crippen molar-refractivity contribution in [3.8, 4) is 0 Å². The summed E-state index contributed by atoms with van der Waals surface area (Å²) >= 11 is 12.5. The van der Waals surface area contributed by atoms with Crippen LogP contribution >= 0.6 is 23.2 Å². The number of fused-ring (bicyclic) bond motifs is 2. The molecule has 1 fully saturated rings. The van der Waals surface area contributed by atoms with Crippen LogP contribution in [0.25, 0.3) is 0 Å². The lowest BCUT2D eigenvalue weighted by Crippen LogP contribution is -2.43. The van der Waals surface area contributed by atoms with E-state index < -0.39 is 4.92 Å². The number of halogens is 2. The second kappa shape index (κ2) is 11.6. The lowest BCUT2D eigenvalue weighted by molar-refractivity contribution is -0.384. The molecule has 9 heteroatoms. The van der Waals surface area contributed by atoms with Crippen molar-refractivity contribution in [2.75, 3.05) is 33.2 Å². The van der Waals surface area contributed by atoms with Crippen molar-refractivity contribution in [3.05, 3.63) is 109 Å². The molecule has 2 heterocycles. The van der Waals surface area contributed by atoms with E-state index in [9.17, 15) is 14.9 Å². The van der Waals surface area contributed by atoms with Gasteiger partial charge in [0.05, 0.1) is 27.2 Å². The Morgan fingerprint density at radius 2 is 1.79 bits per heavy atom. The minimum atomic E-state index is -0.474. The number of rotatable bonds is 8. The fourth-order valence-electron chi connectivity index (χ4n) is 5.76. The van der Waals surface area contributed by atoms with Crippen molar-refractivity contribution in [3.63, 3.8) is 0 Å². The molecule has 0 unspecified atom stereocenters. The Balaban J connectivity index is 1.25. The van der Waals surface area contributed by atoms with Crippen LogP contribution in [0.4, 0.5) is 5.69 Å². The van der Waals surface area contributed by atoms with Gasteiger partial charge in [-0.3, -0.25) is 14.9 Å². The third kappa shape index (κ3) is 5.97. The SMILES string of the molecule is CN(C[C@H](CCN1CCC2(CC1)OCc1ccccc12)c1ccc(Cl)c(Cl)c1)C(=O)c1ccc([N+](=O)[O-])cc1. The molecule has 1 amide bonds. The Bertz CT molecular complexity index is 1360. The molecule has 0 bridgehead atoms. The van der Waals surface area contributed by atoms with E-state index in [0.717, 1.165) is 44.5 Å². The van der Waals surface area contributed by atoms with Gasteiger partial charge in [-0.15, -0.1) is 0 Å². The summed E-state index contributed by atoms with van der Waals surface area (Å²) in [7, 11) is 1.76. The van der Waals surface area contributed by atoms with E-state index in [1.807, 2.05) is 12.1 Å². The summed E-state index contributed by atoms with van der Waals surface area (Å²) < 4.78 is 6.33. The maximum absolute atomic E-state index is 13.1. The average molecular weight is 569 g/mol. The third-order valence-electron chi connectivity index (χ3n) is 8.05. The Labute approximate surface area is 238 Å².